The lowest BCUT2D eigenvalue weighted by atomic mass is 10.1. The summed E-state index contributed by atoms with van der Waals surface area (Å²) in [6, 6.07) is 12.6. The second-order valence-corrected chi connectivity index (χ2v) is 5.58. The number of hydrogen-bond acceptors (Lipinski definition) is 4. The number of pyridine rings is 1. The third-order valence-corrected chi connectivity index (χ3v) is 4.32. The third-order valence-electron chi connectivity index (χ3n) is 4.32. The molecule has 1 fully saturated rings. The van der Waals surface area contributed by atoms with Crippen LogP contribution in [0, 0.1) is 11.3 Å². The minimum Gasteiger partial charge on any atom is -0.354 e. The van der Waals surface area contributed by atoms with E-state index in [0.29, 0.717) is 11.6 Å². The van der Waals surface area contributed by atoms with Crippen LogP contribution in [-0.2, 0) is 0 Å². The molecule has 1 aliphatic heterocycles. The highest BCUT2D eigenvalue weighted by Gasteiger charge is 2.23. The van der Waals surface area contributed by atoms with Crippen molar-refractivity contribution in [3.63, 3.8) is 0 Å². The minimum absolute atomic E-state index is 0.516. The first-order valence-corrected chi connectivity index (χ1v) is 7.51. The average molecular weight is 280 g/mol. The monoisotopic (exact) mass is 280 g/mol. The third kappa shape index (κ3) is 2.57. The molecule has 108 valence electrons. The van der Waals surface area contributed by atoms with Crippen molar-refractivity contribution in [2.24, 2.45) is 0 Å². The first-order valence-electron chi connectivity index (χ1n) is 7.51. The number of piperazine rings is 1. The Balaban J connectivity index is 1.96. The number of aromatic nitrogens is 1. The molecule has 21 heavy (non-hydrogen) atoms. The molecule has 1 atom stereocenters. The summed E-state index contributed by atoms with van der Waals surface area (Å²) in [4.78, 5) is 9.52. The van der Waals surface area contributed by atoms with Gasteiger partial charge in [-0.05, 0) is 25.6 Å². The van der Waals surface area contributed by atoms with E-state index in [9.17, 15) is 5.26 Å². The summed E-state index contributed by atoms with van der Waals surface area (Å²) in [6.07, 6.45) is 0. The SMILES string of the molecule is CCN1CCN(c2cc(C#N)c3ccccc3n2)CC1C. The number of hydrogen-bond donors (Lipinski definition) is 0. The molecular formula is C17H20N4. The zero-order valence-electron chi connectivity index (χ0n) is 12.6. The Labute approximate surface area is 125 Å². The summed E-state index contributed by atoms with van der Waals surface area (Å²) < 4.78 is 0. The fourth-order valence-corrected chi connectivity index (χ4v) is 3.09. The van der Waals surface area contributed by atoms with Gasteiger partial charge in [0.2, 0.25) is 0 Å². The highest BCUT2D eigenvalue weighted by molar-refractivity contribution is 5.86. The van der Waals surface area contributed by atoms with Crippen molar-refractivity contribution in [1.29, 1.82) is 5.26 Å². The first-order chi connectivity index (χ1) is 10.2. The molecule has 0 saturated carbocycles. The van der Waals surface area contributed by atoms with E-state index in [1.807, 2.05) is 30.3 Å². The van der Waals surface area contributed by atoms with Crippen LogP contribution in [-0.4, -0.2) is 42.1 Å². The predicted molar refractivity (Wildman–Crippen MR) is 85.4 cm³/mol. The molecule has 0 radical (unpaired) electrons. The molecule has 0 amide bonds. The van der Waals surface area contributed by atoms with E-state index >= 15 is 0 Å². The quantitative estimate of drug-likeness (QED) is 0.848. The average Bonchev–Trinajstić information content (AvgIpc) is 2.53. The smallest absolute Gasteiger partial charge is 0.130 e. The van der Waals surface area contributed by atoms with Gasteiger partial charge in [0.15, 0.2) is 0 Å². The largest absolute Gasteiger partial charge is 0.354 e. The van der Waals surface area contributed by atoms with Gasteiger partial charge in [-0.2, -0.15) is 5.26 Å². The van der Waals surface area contributed by atoms with Crippen molar-refractivity contribution in [1.82, 2.24) is 9.88 Å². The molecule has 0 N–H and O–H groups in total. The zero-order valence-corrected chi connectivity index (χ0v) is 12.6. The van der Waals surface area contributed by atoms with E-state index in [1.165, 1.54) is 0 Å². The summed E-state index contributed by atoms with van der Waals surface area (Å²) in [7, 11) is 0. The Morgan fingerprint density at radius 2 is 2.14 bits per heavy atom. The summed E-state index contributed by atoms with van der Waals surface area (Å²) in [5.41, 5.74) is 1.61. The van der Waals surface area contributed by atoms with Gasteiger partial charge in [0.1, 0.15) is 5.82 Å². The van der Waals surface area contributed by atoms with Crippen LogP contribution in [0.3, 0.4) is 0 Å². The summed E-state index contributed by atoms with van der Waals surface area (Å²) in [5, 5.41) is 10.3. The molecule has 3 rings (SSSR count). The Hall–Kier alpha value is -2.12. The molecule has 1 unspecified atom stereocenters. The van der Waals surface area contributed by atoms with Gasteiger partial charge in [0.25, 0.3) is 0 Å². The summed E-state index contributed by atoms with van der Waals surface area (Å²) in [5.74, 6) is 0.924. The number of rotatable bonds is 2. The second kappa shape index (κ2) is 5.71. The molecule has 0 aliphatic carbocycles. The lowest BCUT2D eigenvalue weighted by Crippen LogP contribution is -2.52. The summed E-state index contributed by atoms with van der Waals surface area (Å²) in [6.45, 7) is 8.52. The highest BCUT2D eigenvalue weighted by atomic mass is 15.3. The molecule has 2 heterocycles. The van der Waals surface area contributed by atoms with Crippen LogP contribution >= 0.6 is 0 Å². The van der Waals surface area contributed by atoms with Gasteiger partial charge in [0, 0.05) is 31.1 Å². The van der Waals surface area contributed by atoms with Crippen LogP contribution in [0.2, 0.25) is 0 Å². The molecule has 4 nitrogen and oxygen atoms in total. The van der Waals surface area contributed by atoms with E-state index in [-0.39, 0.29) is 0 Å². The van der Waals surface area contributed by atoms with Crippen molar-refractivity contribution >= 4 is 16.7 Å². The number of nitrogens with zero attached hydrogens (tertiary/aromatic N) is 4. The van der Waals surface area contributed by atoms with Crippen LogP contribution < -0.4 is 4.90 Å². The number of nitriles is 1. The molecular weight excluding hydrogens is 260 g/mol. The lowest BCUT2D eigenvalue weighted by molar-refractivity contribution is 0.199. The van der Waals surface area contributed by atoms with Crippen LogP contribution in [0.4, 0.5) is 5.82 Å². The molecule has 0 bridgehead atoms. The van der Waals surface area contributed by atoms with Crippen LogP contribution in [0.15, 0.2) is 30.3 Å². The normalized spacial score (nSPS) is 19.7. The van der Waals surface area contributed by atoms with E-state index in [4.69, 9.17) is 4.98 Å². The van der Waals surface area contributed by atoms with Crippen molar-refractivity contribution in [2.45, 2.75) is 19.9 Å². The number of para-hydroxylation sites is 1. The predicted octanol–water partition coefficient (Wildman–Crippen LogP) is 2.64. The molecule has 1 saturated heterocycles. The van der Waals surface area contributed by atoms with Gasteiger partial charge in [-0.3, -0.25) is 4.90 Å². The molecule has 1 aromatic carbocycles. The van der Waals surface area contributed by atoms with Crippen LogP contribution in [0.5, 0.6) is 0 Å². The molecule has 1 aromatic heterocycles. The van der Waals surface area contributed by atoms with E-state index in [1.54, 1.807) is 0 Å². The Morgan fingerprint density at radius 1 is 1.33 bits per heavy atom. The number of benzene rings is 1. The Morgan fingerprint density at radius 3 is 2.86 bits per heavy atom. The minimum atomic E-state index is 0.516. The molecule has 4 heteroatoms. The molecule has 2 aromatic rings. The standard InChI is InChI=1S/C17H20N4/c1-3-20-8-9-21(12-13(20)2)17-10-14(11-18)15-6-4-5-7-16(15)19-17/h4-7,10,13H,3,8-9,12H2,1-2H3. The van der Waals surface area contributed by atoms with Crippen molar-refractivity contribution < 1.29 is 0 Å². The molecule has 0 spiro atoms. The van der Waals surface area contributed by atoms with E-state index in [2.05, 4.69) is 29.7 Å². The number of likely N-dealkylation sites (N-methyl/N-ethyl adjacent to an activating group) is 1. The van der Waals surface area contributed by atoms with Crippen molar-refractivity contribution in [3.05, 3.63) is 35.9 Å². The second-order valence-electron chi connectivity index (χ2n) is 5.58. The van der Waals surface area contributed by atoms with Crippen molar-refractivity contribution in [2.75, 3.05) is 31.1 Å². The van der Waals surface area contributed by atoms with Gasteiger partial charge in [-0.25, -0.2) is 4.98 Å². The van der Waals surface area contributed by atoms with E-state index in [0.717, 1.165) is 42.9 Å². The van der Waals surface area contributed by atoms with Crippen molar-refractivity contribution in [3.8, 4) is 6.07 Å². The van der Waals surface area contributed by atoms with Gasteiger partial charge in [-0.15, -0.1) is 0 Å². The fraction of sp³-hybridized carbons (Fsp3) is 0.412. The Kier molecular flexibility index (Phi) is 3.76. The van der Waals surface area contributed by atoms with Gasteiger partial charge < -0.3 is 4.90 Å². The topological polar surface area (TPSA) is 43.2 Å². The number of fused-ring (bicyclic) bond motifs is 1. The van der Waals surface area contributed by atoms with Gasteiger partial charge in [0.05, 0.1) is 17.1 Å². The van der Waals surface area contributed by atoms with Gasteiger partial charge >= 0.3 is 0 Å². The summed E-state index contributed by atoms with van der Waals surface area (Å²) >= 11 is 0. The fourth-order valence-electron chi connectivity index (χ4n) is 3.09. The van der Waals surface area contributed by atoms with Crippen LogP contribution in [0.25, 0.3) is 10.9 Å². The lowest BCUT2D eigenvalue weighted by Gasteiger charge is -2.40. The first kappa shape index (κ1) is 13.8. The molecule has 1 aliphatic rings. The number of anilines is 1. The van der Waals surface area contributed by atoms with E-state index < -0.39 is 0 Å². The van der Waals surface area contributed by atoms with Crippen LogP contribution in [0.1, 0.15) is 19.4 Å². The highest BCUT2D eigenvalue weighted by Crippen LogP contribution is 2.24. The Bertz CT molecular complexity index is 689. The maximum Gasteiger partial charge on any atom is 0.130 e. The maximum atomic E-state index is 9.39. The maximum absolute atomic E-state index is 9.39. The zero-order chi connectivity index (χ0) is 14.8. The van der Waals surface area contributed by atoms with Gasteiger partial charge in [-0.1, -0.05) is 25.1 Å².